The summed E-state index contributed by atoms with van der Waals surface area (Å²) < 4.78 is 5.00. The Morgan fingerprint density at radius 3 is 2.27 bits per heavy atom. The second-order valence-electron chi connectivity index (χ2n) is 9.53. The number of methoxy groups -OCH3 is 1. The number of nitrogens with one attached hydrogen (secondary N) is 3. The van der Waals surface area contributed by atoms with Crippen LogP contribution >= 0.6 is 0 Å². The second-order valence-corrected chi connectivity index (χ2v) is 9.53. The number of amides is 2. The summed E-state index contributed by atoms with van der Waals surface area (Å²) in [6.45, 7) is 0.338. The predicted octanol–water partition coefficient (Wildman–Crippen LogP) is 3.05. The van der Waals surface area contributed by atoms with Gasteiger partial charge in [-0.05, 0) is 36.3 Å². The van der Waals surface area contributed by atoms with Crippen molar-refractivity contribution in [3.63, 3.8) is 0 Å². The van der Waals surface area contributed by atoms with E-state index in [0.29, 0.717) is 17.7 Å². The molecule has 1 aliphatic rings. The van der Waals surface area contributed by atoms with E-state index in [9.17, 15) is 14.4 Å². The van der Waals surface area contributed by atoms with Crippen LogP contribution in [0.15, 0.2) is 54.6 Å². The van der Waals surface area contributed by atoms with Gasteiger partial charge in [-0.15, -0.1) is 0 Å². The van der Waals surface area contributed by atoms with Crippen LogP contribution in [0.1, 0.15) is 48.8 Å². The van der Waals surface area contributed by atoms with Gasteiger partial charge in [0, 0.05) is 19.2 Å². The molecule has 1 saturated carbocycles. The Morgan fingerprint density at radius 2 is 1.68 bits per heavy atom. The first-order valence-corrected chi connectivity index (χ1v) is 12.6. The van der Waals surface area contributed by atoms with Gasteiger partial charge in [0.25, 0.3) is 0 Å². The lowest BCUT2D eigenvalue weighted by Crippen LogP contribution is -2.52. The highest BCUT2D eigenvalue weighted by Gasteiger charge is 2.36. The summed E-state index contributed by atoms with van der Waals surface area (Å²) in [5, 5.41) is 19.5. The summed E-state index contributed by atoms with van der Waals surface area (Å²) in [5.41, 5.74) is 3.91. The zero-order valence-corrected chi connectivity index (χ0v) is 21.4. The maximum absolute atomic E-state index is 13.6. The molecule has 2 aromatic rings. The van der Waals surface area contributed by atoms with Crippen LogP contribution < -0.4 is 10.8 Å². The summed E-state index contributed by atoms with van der Waals surface area (Å²) in [6, 6.07) is 15.4. The summed E-state index contributed by atoms with van der Waals surface area (Å²) >= 11 is 0. The maximum Gasteiger partial charge on any atom is 0.328 e. The molecule has 4 N–H and O–H groups in total. The lowest BCUT2D eigenvalue weighted by atomic mass is 9.83. The lowest BCUT2D eigenvalue weighted by molar-refractivity contribution is -0.150. The fraction of sp³-hybridized carbons (Fsp3) is 0.429. The van der Waals surface area contributed by atoms with E-state index in [1.165, 1.54) is 12.0 Å². The summed E-state index contributed by atoms with van der Waals surface area (Å²) in [6.07, 6.45) is 4.82. The van der Waals surface area contributed by atoms with Gasteiger partial charge in [0.15, 0.2) is 0 Å². The molecule has 9 nitrogen and oxygen atoms in total. The van der Waals surface area contributed by atoms with Gasteiger partial charge in [-0.2, -0.15) is 0 Å². The number of carbonyl (C=O) groups excluding carboxylic acids is 3. The van der Waals surface area contributed by atoms with Crippen molar-refractivity contribution in [1.82, 2.24) is 15.7 Å². The molecule has 0 aliphatic heterocycles. The quantitative estimate of drug-likeness (QED) is 0.128. The first kappa shape index (κ1) is 27.9. The monoisotopic (exact) mass is 508 g/mol. The number of ether oxygens (including phenoxy) is 1. The number of hydrogen-bond donors (Lipinski definition) is 4. The number of hydrogen-bond acceptors (Lipinski definition) is 6. The number of benzene rings is 2. The predicted molar refractivity (Wildman–Crippen MR) is 139 cm³/mol. The van der Waals surface area contributed by atoms with E-state index in [-0.39, 0.29) is 24.1 Å². The molecule has 2 aromatic carbocycles. The Hall–Kier alpha value is -3.72. The average molecular weight is 509 g/mol. The molecular formula is C28H36N4O5. The average Bonchev–Trinajstić information content (AvgIpc) is 2.94. The second kappa shape index (κ2) is 13.5. The molecule has 0 bridgehead atoms. The van der Waals surface area contributed by atoms with Gasteiger partial charge in [0.1, 0.15) is 17.8 Å². The molecular weight excluding hydrogens is 472 g/mol. The van der Waals surface area contributed by atoms with E-state index in [2.05, 4.69) is 5.32 Å². The smallest absolute Gasteiger partial charge is 0.328 e. The van der Waals surface area contributed by atoms with Crippen molar-refractivity contribution in [2.75, 3.05) is 14.2 Å². The number of amidine groups is 1. The number of carbonyl (C=O) groups is 3. The number of nitrogens with zero attached hydrogens (tertiary/aromatic N) is 1. The van der Waals surface area contributed by atoms with Gasteiger partial charge in [-0.3, -0.25) is 25.7 Å². The molecule has 0 radical (unpaired) electrons. The molecule has 0 aromatic heterocycles. The molecule has 0 saturated heterocycles. The van der Waals surface area contributed by atoms with E-state index in [4.69, 9.17) is 15.4 Å². The third-order valence-corrected chi connectivity index (χ3v) is 6.92. The van der Waals surface area contributed by atoms with Crippen LogP contribution in [0, 0.1) is 17.2 Å². The van der Waals surface area contributed by atoms with Crippen molar-refractivity contribution < 1.29 is 24.3 Å². The van der Waals surface area contributed by atoms with Crippen LogP contribution in [0.2, 0.25) is 0 Å². The minimum absolute atomic E-state index is 0.0285. The van der Waals surface area contributed by atoms with Crippen molar-refractivity contribution >= 4 is 23.6 Å². The molecule has 0 heterocycles. The van der Waals surface area contributed by atoms with Crippen LogP contribution in [0.25, 0.3) is 0 Å². The van der Waals surface area contributed by atoms with Crippen LogP contribution in [-0.4, -0.2) is 53.9 Å². The summed E-state index contributed by atoms with van der Waals surface area (Å²) in [7, 11) is 2.97. The Labute approximate surface area is 217 Å². The molecule has 1 unspecified atom stereocenters. The van der Waals surface area contributed by atoms with Crippen molar-refractivity contribution in [2.45, 2.75) is 51.1 Å². The molecule has 37 heavy (non-hydrogen) atoms. The minimum Gasteiger partial charge on any atom is -0.467 e. The van der Waals surface area contributed by atoms with Gasteiger partial charge in [-0.25, -0.2) is 4.79 Å². The van der Waals surface area contributed by atoms with Crippen molar-refractivity contribution in [3.05, 3.63) is 71.3 Å². The first-order valence-electron chi connectivity index (χ1n) is 12.6. The van der Waals surface area contributed by atoms with Crippen LogP contribution in [0.4, 0.5) is 0 Å². The van der Waals surface area contributed by atoms with E-state index in [0.717, 1.165) is 37.7 Å². The standard InChI is InChI=1S/C28H36N4O5/c1-32(18-20-9-5-3-6-10-20)27(34)23(17-19-13-15-22(16-14-19)25(29)31-36)26(33)30-24(28(35)37-2)21-11-7-4-8-12-21/h3,5-6,9-10,13-16,21,23-24,36H,4,7-8,11-12,17-18H2,1-2H3,(H2,29,31)(H,30,33)/t23-,24?/m0/s1. The summed E-state index contributed by atoms with van der Waals surface area (Å²) in [4.78, 5) is 41.3. The van der Waals surface area contributed by atoms with Crippen molar-refractivity contribution in [3.8, 4) is 0 Å². The van der Waals surface area contributed by atoms with Gasteiger partial charge in [0.2, 0.25) is 11.8 Å². The number of esters is 1. The van der Waals surface area contributed by atoms with Crippen molar-refractivity contribution in [1.29, 1.82) is 5.41 Å². The topological polar surface area (TPSA) is 132 Å². The maximum atomic E-state index is 13.6. The fourth-order valence-corrected chi connectivity index (χ4v) is 4.82. The molecule has 9 heteroatoms. The van der Waals surface area contributed by atoms with E-state index >= 15 is 0 Å². The first-order chi connectivity index (χ1) is 17.8. The lowest BCUT2D eigenvalue weighted by Gasteiger charge is -2.31. The Bertz CT molecular complexity index is 1070. The molecule has 3 rings (SSSR count). The SMILES string of the molecule is COC(=O)C(NC(=O)[C@H](Cc1ccc(C(=N)NO)cc1)C(=O)N(C)Cc1ccccc1)C1CCCCC1. The molecule has 1 fully saturated rings. The Kier molecular flexibility index (Phi) is 10.2. The van der Waals surface area contributed by atoms with E-state index in [1.807, 2.05) is 30.3 Å². The third kappa shape index (κ3) is 7.63. The zero-order valence-electron chi connectivity index (χ0n) is 21.4. The highest BCUT2D eigenvalue weighted by Crippen LogP contribution is 2.27. The van der Waals surface area contributed by atoms with Crippen LogP contribution in [0.5, 0.6) is 0 Å². The van der Waals surface area contributed by atoms with Crippen LogP contribution in [0.3, 0.4) is 0 Å². The Morgan fingerprint density at radius 1 is 1.03 bits per heavy atom. The molecule has 0 spiro atoms. The number of hydroxylamine groups is 1. The molecule has 2 atom stereocenters. The highest BCUT2D eigenvalue weighted by atomic mass is 16.5. The van der Waals surface area contributed by atoms with Crippen LogP contribution in [-0.2, 0) is 32.1 Å². The zero-order chi connectivity index (χ0) is 26.8. The van der Waals surface area contributed by atoms with Gasteiger partial charge < -0.3 is 15.0 Å². The van der Waals surface area contributed by atoms with Gasteiger partial charge >= 0.3 is 5.97 Å². The largest absolute Gasteiger partial charge is 0.467 e. The number of rotatable bonds is 10. The third-order valence-electron chi connectivity index (χ3n) is 6.92. The van der Waals surface area contributed by atoms with Gasteiger partial charge in [0.05, 0.1) is 7.11 Å². The molecule has 2 amide bonds. The van der Waals surface area contributed by atoms with E-state index < -0.39 is 23.8 Å². The normalized spacial score (nSPS) is 15.2. The Balaban J connectivity index is 1.84. The summed E-state index contributed by atoms with van der Waals surface area (Å²) in [5.74, 6) is -2.62. The highest BCUT2D eigenvalue weighted by molar-refractivity contribution is 6.02. The fourth-order valence-electron chi connectivity index (χ4n) is 4.82. The van der Waals surface area contributed by atoms with Crippen molar-refractivity contribution in [2.24, 2.45) is 11.8 Å². The molecule has 1 aliphatic carbocycles. The van der Waals surface area contributed by atoms with Gasteiger partial charge in [-0.1, -0.05) is 73.9 Å². The van der Waals surface area contributed by atoms with E-state index in [1.54, 1.807) is 36.8 Å². The molecule has 198 valence electrons. The minimum atomic E-state index is -1.06.